The van der Waals surface area contributed by atoms with Crippen molar-refractivity contribution in [2.75, 3.05) is 84.1 Å². The molecule has 0 unspecified atom stereocenters. The highest BCUT2D eigenvalue weighted by Gasteiger charge is 2.22. The normalized spacial score (nSPS) is 18.5. The van der Waals surface area contributed by atoms with Gasteiger partial charge in [-0.05, 0) is 7.05 Å². The van der Waals surface area contributed by atoms with Crippen LogP contribution in [0.25, 0.3) is 0 Å². The van der Waals surface area contributed by atoms with E-state index < -0.39 is 0 Å². The summed E-state index contributed by atoms with van der Waals surface area (Å²) < 4.78 is 5.67. The summed E-state index contributed by atoms with van der Waals surface area (Å²) in [5.74, 6) is 0.912. The fraction of sp³-hybridized carbons (Fsp3) is 0.737. The van der Waals surface area contributed by atoms with E-state index in [4.69, 9.17) is 4.74 Å². The van der Waals surface area contributed by atoms with Crippen LogP contribution in [-0.2, 0) is 16.1 Å². The predicted molar refractivity (Wildman–Crippen MR) is 108 cm³/mol. The second kappa shape index (κ2) is 11.3. The first-order valence-corrected chi connectivity index (χ1v) is 10.3. The molecule has 2 fully saturated rings. The minimum atomic E-state index is 0.173. The maximum Gasteiger partial charge on any atom is 0.225 e. The molecular formula is C19H33N7O2. The summed E-state index contributed by atoms with van der Waals surface area (Å²) in [6.45, 7) is 10.1. The number of ether oxygens (including phenoxy) is 1. The van der Waals surface area contributed by atoms with E-state index in [9.17, 15) is 4.79 Å². The van der Waals surface area contributed by atoms with Gasteiger partial charge in [0.25, 0.3) is 0 Å². The Bertz CT molecular complexity index is 584. The van der Waals surface area contributed by atoms with Crippen molar-refractivity contribution >= 4 is 11.9 Å². The third-order valence-electron chi connectivity index (χ3n) is 5.21. The summed E-state index contributed by atoms with van der Waals surface area (Å²) in [5, 5.41) is 6.43. The molecule has 2 aliphatic rings. The summed E-state index contributed by atoms with van der Waals surface area (Å²) in [7, 11) is 1.90. The second-order valence-electron chi connectivity index (χ2n) is 7.24. The number of anilines is 1. The molecule has 9 heteroatoms. The Labute approximate surface area is 167 Å². The van der Waals surface area contributed by atoms with E-state index in [-0.39, 0.29) is 5.91 Å². The number of amides is 1. The first-order valence-electron chi connectivity index (χ1n) is 10.3. The van der Waals surface area contributed by atoms with Crippen LogP contribution in [-0.4, -0.2) is 105 Å². The van der Waals surface area contributed by atoms with Crippen LogP contribution in [0.3, 0.4) is 0 Å². The largest absolute Gasteiger partial charge is 0.380 e. The smallest absolute Gasteiger partial charge is 0.225 e. The maximum atomic E-state index is 12.4. The van der Waals surface area contributed by atoms with Gasteiger partial charge in [-0.2, -0.15) is 0 Å². The fourth-order valence-electron chi connectivity index (χ4n) is 3.51. The molecule has 28 heavy (non-hydrogen) atoms. The summed E-state index contributed by atoms with van der Waals surface area (Å²) in [4.78, 5) is 27.7. The third-order valence-corrected chi connectivity index (χ3v) is 5.21. The number of carbonyl (C=O) groups excluding carboxylic acids is 1. The lowest BCUT2D eigenvalue weighted by Crippen LogP contribution is -2.49. The van der Waals surface area contributed by atoms with E-state index in [0.29, 0.717) is 32.7 Å². The molecule has 2 N–H and O–H groups in total. The van der Waals surface area contributed by atoms with Crippen molar-refractivity contribution in [2.24, 2.45) is 0 Å². The Morgan fingerprint density at radius 2 is 1.82 bits per heavy atom. The van der Waals surface area contributed by atoms with E-state index in [1.165, 1.54) is 0 Å². The molecule has 156 valence electrons. The molecular weight excluding hydrogens is 358 g/mol. The minimum Gasteiger partial charge on any atom is -0.380 e. The molecule has 9 nitrogen and oxygen atoms in total. The number of aromatic nitrogens is 2. The van der Waals surface area contributed by atoms with Gasteiger partial charge in [0.15, 0.2) is 0 Å². The van der Waals surface area contributed by atoms with Gasteiger partial charge in [0.2, 0.25) is 11.9 Å². The lowest BCUT2D eigenvalue weighted by molar-refractivity contribution is -0.132. The summed E-state index contributed by atoms with van der Waals surface area (Å²) in [6.07, 6.45) is 4.17. The van der Waals surface area contributed by atoms with Crippen LogP contribution < -0.4 is 15.5 Å². The summed E-state index contributed by atoms with van der Waals surface area (Å²) in [5.41, 5.74) is 1.07. The zero-order chi connectivity index (χ0) is 19.6. The van der Waals surface area contributed by atoms with Crippen molar-refractivity contribution in [3.05, 3.63) is 18.0 Å². The van der Waals surface area contributed by atoms with Crippen LogP contribution in [0.4, 0.5) is 5.95 Å². The monoisotopic (exact) mass is 391 g/mol. The van der Waals surface area contributed by atoms with Crippen molar-refractivity contribution in [3.63, 3.8) is 0 Å². The molecule has 0 saturated carbocycles. The molecule has 3 rings (SSSR count). The number of carbonyl (C=O) groups is 1. The van der Waals surface area contributed by atoms with Crippen LogP contribution >= 0.6 is 0 Å². The lowest BCUT2D eigenvalue weighted by Gasteiger charge is -2.34. The summed E-state index contributed by atoms with van der Waals surface area (Å²) in [6, 6.07) is 0. The van der Waals surface area contributed by atoms with Crippen LogP contribution in [0, 0.1) is 0 Å². The van der Waals surface area contributed by atoms with Crippen molar-refractivity contribution < 1.29 is 9.53 Å². The summed E-state index contributed by atoms with van der Waals surface area (Å²) >= 11 is 0. The number of rotatable bonds is 9. The minimum absolute atomic E-state index is 0.173. The quantitative estimate of drug-likeness (QED) is 0.527. The molecule has 1 aromatic heterocycles. The van der Waals surface area contributed by atoms with Gasteiger partial charge in [0, 0.05) is 83.4 Å². The number of piperazine rings is 2. The maximum absolute atomic E-state index is 12.4. The Kier molecular flexibility index (Phi) is 8.41. The molecule has 2 saturated heterocycles. The molecule has 0 spiro atoms. The number of nitrogens with one attached hydrogen (secondary N) is 2. The molecule has 0 aromatic carbocycles. The lowest BCUT2D eigenvalue weighted by atomic mass is 10.3. The highest BCUT2D eigenvalue weighted by Crippen LogP contribution is 2.11. The molecule has 0 radical (unpaired) electrons. The second-order valence-corrected chi connectivity index (χ2v) is 7.24. The van der Waals surface area contributed by atoms with Gasteiger partial charge >= 0.3 is 0 Å². The molecule has 0 atom stereocenters. The fourth-order valence-corrected chi connectivity index (χ4v) is 3.51. The van der Waals surface area contributed by atoms with E-state index >= 15 is 0 Å². The Morgan fingerprint density at radius 1 is 1.11 bits per heavy atom. The number of hydrogen-bond donors (Lipinski definition) is 2. The van der Waals surface area contributed by atoms with Gasteiger partial charge in [-0.1, -0.05) is 0 Å². The van der Waals surface area contributed by atoms with Gasteiger partial charge in [-0.25, -0.2) is 9.97 Å². The molecule has 1 amide bonds. The molecule has 1 aromatic rings. The highest BCUT2D eigenvalue weighted by atomic mass is 16.5. The Balaban J connectivity index is 1.30. The predicted octanol–water partition coefficient (Wildman–Crippen LogP) is -0.843. The highest BCUT2D eigenvalue weighted by molar-refractivity contribution is 5.76. The van der Waals surface area contributed by atoms with Crippen molar-refractivity contribution in [3.8, 4) is 0 Å². The standard InChI is InChI=1S/C19H33N7O2/c1-20-14-17-15-22-19(23-16-17)26-9-7-25(8-10-26)18(27)2-12-28-13-11-24-5-3-21-4-6-24/h15-16,20-21H,2-14H2,1H3. The van der Waals surface area contributed by atoms with Gasteiger partial charge in [0.05, 0.1) is 19.6 Å². The average molecular weight is 392 g/mol. The zero-order valence-electron chi connectivity index (χ0n) is 16.9. The van der Waals surface area contributed by atoms with Gasteiger partial charge in [-0.3, -0.25) is 9.69 Å². The van der Waals surface area contributed by atoms with E-state index in [1.807, 2.05) is 24.3 Å². The van der Waals surface area contributed by atoms with E-state index in [0.717, 1.165) is 63.9 Å². The topological polar surface area (TPSA) is 85.9 Å². The first kappa shape index (κ1) is 20.9. The first-order chi connectivity index (χ1) is 13.8. The Morgan fingerprint density at radius 3 is 2.50 bits per heavy atom. The van der Waals surface area contributed by atoms with Crippen LogP contribution in [0.1, 0.15) is 12.0 Å². The Hall–Kier alpha value is -1.81. The zero-order valence-corrected chi connectivity index (χ0v) is 16.9. The molecule has 0 aliphatic carbocycles. The van der Waals surface area contributed by atoms with Gasteiger partial charge < -0.3 is 25.2 Å². The van der Waals surface area contributed by atoms with Crippen LogP contribution in [0.2, 0.25) is 0 Å². The SMILES string of the molecule is CNCc1cnc(N2CCN(C(=O)CCOCCN3CCNCC3)CC2)nc1. The van der Waals surface area contributed by atoms with Crippen LogP contribution in [0.5, 0.6) is 0 Å². The van der Waals surface area contributed by atoms with Gasteiger partial charge in [-0.15, -0.1) is 0 Å². The molecule has 2 aliphatic heterocycles. The molecule has 0 bridgehead atoms. The average Bonchev–Trinajstić information content (AvgIpc) is 2.75. The number of nitrogens with zero attached hydrogens (tertiary/aromatic N) is 5. The van der Waals surface area contributed by atoms with Crippen molar-refractivity contribution in [1.29, 1.82) is 0 Å². The van der Waals surface area contributed by atoms with Crippen molar-refractivity contribution in [2.45, 2.75) is 13.0 Å². The number of hydrogen-bond acceptors (Lipinski definition) is 8. The molecule has 3 heterocycles. The van der Waals surface area contributed by atoms with E-state index in [1.54, 1.807) is 0 Å². The van der Waals surface area contributed by atoms with Crippen molar-refractivity contribution in [1.82, 2.24) is 30.4 Å². The van der Waals surface area contributed by atoms with Gasteiger partial charge in [0.1, 0.15) is 0 Å². The third kappa shape index (κ3) is 6.37. The van der Waals surface area contributed by atoms with Crippen LogP contribution in [0.15, 0.2) is 12.4 Å². The van der Waals surface area contributed by atoms with E-state index in [2.05, 4.69) is 30.4 Å².